The van der Waals surface area contributed by atoms with Gasteiger partial charge in [0.15, 0.2) is 0 Å². The van der Waals surface area contributed by atoms with Gasteiger partial charge in [0.05, 0.1) is 0 Å². The standard InChI is InChI=1S/C58H75N/c1-7-11-15-22-36-57(37-23-16-12-8-2)53-40-44(5)28-32-49(53)50-33-29-45(41-54(50)57)46-30-34-51-52-35-31-48(59(6)47-26-20-19-21-27-47)43-56(52)58(55(51)42-46,38-24-17-13-9-3)39-25-18-14-10-4/h19-21,26-35,40-43H,7-18,22-25,36-39H2,1-6H3. The van der Waals surface area contributed by atoms with Gasteiger partial charge in [0.25, 0.3) is 0 Å². The Balaban J connectivity index is 1.35. The van der Waals surface area contributed by atoms with Crippen LogP contribution in [0.2, 0.25) is 0 Å². The van der Waals surface area contributed by atoms with Gasteiger partial charge < -0.3 is 4.90 Å². The number of nitrogens with zero attached hydrogens (tertiary/aromatic N) is 1. The van der Waals surface area contributed by atoms with E-state index in [0.29, 0.717) is 0 Å². The monoisotopic (exact) mass is 786 g/mol. The fourth-order valence-corrected chi connectivity index (χ4v) is 11.2. The molecular weight excluding hydrogens is 711 g/mol. The summed E-state index contributed by atoms with van der Waals surface area (Å²) in [5, 5.41) is 0. The quantitative estimate of drug-likeness (QED) is 0.0596. The van der Waals surface area contributed by atoms with Crippen molar-refractivity contribution in [1.82, 2.24) is 0 Å². The zero-order chi connectivity index (χ0) is 41.2. The molecule has 0 saturated carbocycles. The minimum Gasteiger partial charge on any atom is -0.345 e. The summed E-state index contributed by atoms with van der Waals surface area (Å²) < 4.78 is 0. The Morgan fingerprint density at radius 1 is 0.373 bits per heavy atom. The molecule has 0 atom stereocenters. The smallest absolute Gasteiger partial charge is 0.0411 e. The first-order valence-corrected chi connectivity index (χ1v) is 24.2. The lowest BCUT2D eigenvalue weighted by Crippen LogP contribution is -2.26. The second kappa shape index (κ2) is 20.0. The topological polar surface area (TPSA) is 3.24 Å². The molecule has 312 valence electrons. The van der Waals surface area contributed by atoms with Gasteiger partial charge in [0.1, 0.15) is 0 Å². The molecule has 0 radical (unpaired) electrons. The van der Waals surface area contributed by atoms with E-state index < -0.39 is 0 Å². The Labute approximate surface area is 360 Å². The predicted octanol–water partition coefficient (Wildman–Crippen LogP) is 17.8. The molecule has 0 spiro atoms. The second-order valence-electron chi connectivity index (χ2n) is 18.6. The van der Waals surface area contributed by atoms with Crippen LogP contribution in [-0.2, 0) is 10.8 Å². The van der Waals surface area contributed by atoms with Crippen molar-refractivity contribution in [2.45, 2.75) is 174 Å². The maximum Gasteiger partial charge on any atom is 0.0411 e. The van der Waals surface area contributed by atoms with E-state index in [0.717, 1.165) is 0 Å². The predicted molar refractivity (Wildman–Crippen MR) is 259 cm³/mol. The van der Waals surface area contributed by atoms with Crippen LogP contribution >= 0.6 is 0 Å². The molecule has 0 N–H and O–H groups in total. The summed E-state index contributed by atoms with van der Waals surface area (Å²) in [7, 11) is 2.24. The molecule has 0 saturated heterocycles. The van der Waals surface area contributed by atoms with E-state index >= 15 is 0 Å². The van der Waals surface area contributed by atoms with Gasteiger partial charge in [0, 0.05) is 29.3 Å². The number of rotatable bonds is 23. The van der Waals surface area contributed by atoms with Crippen LogP contribution in [0.3, 0.4) is 0 Å². The minimum absolute atomic E-state index is 0.0164. The Bertz CT molecular complexity index is 2100. The number of anilines is 2. The number of unbranched alkanes of at least 4 members (excludes halogenated alkanes) is 12. The average Bonchev–Trinajstić information content (AvgIpc) is 3.69. The molecule has 5 aromatic carbocycles. The molecular formula is C58H75N. The number of hydrogen-bond acceptors (Lipinski definition) is 1. The third-order valence-electron chi connectivity index (χ3n) is 14.6. The van der Waals surface area contributed by atoms with Crippen LogP contribution in [0.15, 0.2) is 103 Å². The summed E-state index contributed by atoms with van der Waals surface area (Å²) >= 11 is 0. The maximum atomic E-state index is 2.67. The number of benzene rings is 5. The van der Waals surface area contributed by atoms with Gasteiger partial charge in [-0.25, -0.2) is 0 Å². The molecule has 0 aliphatic heterocycles. The summed E-state index contributed by atoms with van der Waals surface area (Å²) in [6.45, 7) is 11.7. The van der Waals surface area contributed by atoms with Crippen LogP contribution in [0.5, 0.6) is 0 Å². The van der Waals surface area contributed by atoms with Crippen molar-refractivity contribution >= 4 is 11.4 Å². The summed E-state index contributed by atoms with van der Waals surface area (Å²) in [6, 6.07) is 41.0. The summed E-state index contributed by atoms with van der Waals surface area (Å²) in [4.78, 5) is 2.38. The number of para-hydroxylation sites is 1. The van der Waals surface area contributed by atoms with Crippen molar-refractivity contribution in [3.8, 4) is 33.4 Å². The van der Waals surface area contributed by atoms with E-state index in [1.807, 2.05) is 0 Å². The molecule has 2 aliphatic rings. The first kappa shape index (κ1) is 43.0. The Morgan fingerprint density at radius 2 is 0.763 bits per heavy atom. The Hall–Kier alpha value is -4.10. The molecule has 1 heteroatoms. The summed E-state index contributed by atoms with van der Waals surface area (Å²) in [5.74, 6) is 0. The minimum atomic E-state index is 0.0164. The lowest BCUT2D eigenvalue weighted by molar-refractivity contribution is 0.400. The van der Waals surface area contributed by atoms with Crippen LogP contribution in [-0.4, -0.2) is 7.05 Å². The third-order valence-corrected chi connectivity index (χ3v) is 14.6. The zero-order valence-corrected chi connectivity index (χ0v) is 37.9. The molecule has 7 rings (SSSR count). The highest BCUT2D eigenvalue weighted by atomic mass is 15.1. The van der Waals surface area contributed by atoms with Gasteiger partial charge in [-0.2, -0.15) is 0 Å². The van der Waals surface area contributed by atoms with E-state index in [-0.39, 0.29) is 10.8 Å². The van der Waals surface area contributed by atoms with Crippen molar-refractivity contribution in [1.29, 1.82) is 0 Å². The highest BCUT2D eigenvalue weighted by Crippen LogP contribution is 2.58. The molecule has 0 amide bonds. The molecule has 0 bridgehead atoms. The van der Waals surface area contributed by atoms with E-state index in [4.69, 9.17) is 0 Å². The first-order valence-electron chi connectivity index (χ1n) is 24.2. The van der Waals surface area contributed by atoms with Gasteiger partial charge in [0.2, 0.25) is 0 Å². The van der Waals surface area contributed by atoms with Gasteiger partial charge in [-0.05, 0) is 125 Å². The fourth-order valence-electron chi connectivity index (χ4n) is 11.2. The first-order chi connectivity index (χ1) is 28.9. The molecule has 0 fully saturated rings. The van der Waals surface area contributed by atoms with Crippen LogP contribution < -0.4 is 4.90 Å². The van der Waals surface area contributed by atoms with Crippen molar-refractivity contribution in [2.75, 3.05) is 11.9 Å². The van der Waals surface area contributed by atoms with Gasteiger partial charge >= 0.3 is 0 Å². The largest absolute Gasteiger partial charge is 0.345 e. The van der Waals surface area contributed by atoms with Crippen LogP contribution in [0.4, 0.5) is 11.4 Å². The van der Waals surface area contributed by atoms with Crippen LogP contribution in [0.25, 0.3) is 33.4 Å². The highest BCUT2D eigenvalue weighted by molar-refractivity contribution is 5.88. The van der Waals surface area contributed by atoms with Crippen molar-refractivity contribution in [3.63, 3.8) is 0 Å². The number of hydrogen-bond donors (Lipinski definition) is 0. The van der Waals surface area contributed by atoms with Crippen molar-refractivity contribution in [3.05, 3.63) is 131 Å². The van der Waals surface area contributed by atoms with E-state index in [2.05, 4.69) is 150 Å². The normalized spacial score (nSPS) is 14.2. The lowest BCUT2D eigenvalue weighted by Gasteiger charge is -2.34. The molecule has 2 aliphatic carbocycles. The highest BCUT2D eigenvalue weighted by Gasteiger charge is 2.44. The maximum absolute atomic E-state index is 2.67. The SMILES string of the molecule is CCCCCCC1(CCCCCC)c2cc(C)ccc2-c2ccc(-c3ccc4c(c3)C(CCCCCC)(CCCCCC)c3cc(N(C)c5ccccc5)ccc3-4)cc21. The van der Waals surface area contributed by atoms with E-state index in [1.165, 1.54) is 179 Å². The summed E-state index contributed by atoms with van der Waals surface area (Å²) in [5.41, 5.74) is 19.1. The molecule has 0 heterocycles. The zero-order valence-electron chi connectivity index (χ0n) is 37.9. The van der Waals surface area contributed by atoms with Crippen LogP contribution in [0.1, 0.15) is 184 Å². The van der Waals surface area contributed by atoms with Gasteiger partial charge in [-0.3, -0.25) is 0 Å². The Morgan fingerprint density at radius 3 is 1.20 bits per heavy atom. The third kappa shape index (κ3) is 8.88. The number of fused-ring (bicyclic) bond motifs is 6. The fraction of sp³-hybridized carbons (Fsp3) is 0.483. The molecule has 0 aromatic heterocycles. The van der Waals surface area contributed by atoms with Crippen LogP contribution in [0, 0.1) is 6.92 Å². The van der Waals surface area contributed by atoms with Crippen molar-refractivity contribution < 1.29 is 0 Å². The van der Waals surface area contributed by atoms with E-state index in [9.17, 15) is 0 Å². The second-order valence-corrected chi connectivity index (χ2v) is 18.6. The van der Waals surface area contributed by atoms with E-state index in [1.54, 1.807) is 22.3 Å². The molecule has 0 unspecified atom stereocenters. The molecule has 5 aromatic rings. The molecule has 59 heavy (non-hydrogen) atoms. The number of aryl methyl sites for hydroxylation is 1. The lowest BCUT2D eigenvalue weighted by atomic mass is 9.69. The molecule has 1 nitrogen and oxygen atoms in total. The van der Waals surface area contributed by atoms with Gasteiger partial charge in [-0.1, -0.05) is 203 Å². The average molecular weight is 786 g/mol. The van der Waals surface area contributed by atoms with Crippen molar-refractivity contribution in [2.24, 2.45) is 0 Å². The van der Waals surface area contributed by atoms with Gasteiger partial charge in [-0.15, -0.1) is 0 Å². The Kier molecular flexibility index (Phi) is 14.6. The summed E-state index contributed by atoms with van der Waals surface area (Å²) in [6.07, 6.45) is 25.8.